The third-order valence-corrected chi connectivity index (χ3v) is 3.84. The van der Waals surface area contributed by atoms with Gasteiger partial charge in [-0.3, -0.25) is 4.68 Å². The minimum absolute atomic E-state index is 0.130. The van der Waals surface area contributed by atoms with Crippen LogP contribution in [0.5, 0.6) is 0 Å². The molecular weight excluding hydrogens is 304 g/mol. The molecule has 0 aliphatic rings. The van der Waals surface area contributed by atoms with Crippen LogP contribution in [0.3, 0.4) is 0 Å². The lowest BCUT2D eigenvalue weighted by atomic mass is 9.95. The lowest BCUT2D eigenvalue weighted by Gasteiger charge is -2.18. The maximum atomic E-state index is 4.72. The molecule has 1 N–H and O–H groups in total. The van der Waals surface area contributed by atoms with Crippen LogP contribution in [0.25, 0.3) is 11.0 Å². The van der Waals surface area contributed by atoms with E-state index in [1.165, 1.54) is 0 Å². The third-order valence-electron chi connectivity index (χ3n) is 3.84. The van der Waals surface area contributed by atoms with E-state index in [9.17, 15) is 0 Å². The molecule has 0 saturated heterocycles. The quantitative estimate of drug-likeness (QED) is 0.788. The van der Waals surface area contributed by atoms with Gasteiger partial charge < -0.3 is 5.32 Å². The summed E-state index contributed by atoms with van der Waals surface area (Å²) in [5.74, 6) is 3.32. The second-order valence-corrected chi connectivity index (χ2v) is 7.01. The molecule has 24 heavy (non-hydrogen) atoms. The second kappa shape index (κ2) is 5.85. The lowest BCUT2D eigenvalue weighted by molar-refractivity contribution is 0.546. The Hall–Kier alpha value is -2.51. The van der Waals surface area contributed by atoms with E-state index < -0.39 is 0 Å². The van der Waals surface area contributed by atoms with Gasteiger partial charge in [0.2, 0.25) is 0 Å². The zero-order valence-corrected chi connectivity index (χ0v) is 15.1. The summed E-state index contributed by atoms with van der Waals surface area (Å²) in [6.45, 7) is 11.6. The molecule has 0 spiro atoms. The first-order chi connectivity index (χ1) is 11.3. The standard InChI is InChI=1S/C16H24N8/c1-10-19-11(2)24(22-10)8-7-17-13-12-9-18-23(6)14(12)21-15(20-13)16(3,4)5/h9H,7-8H2,1-6H3,(H,17,20,21). The van der Waals surface area contributed by atoms with Gasteiger partial charge in [0.15, 0.2) is 5.65 Å². The highest BCUT2D eigenvalue weighted by Crippen LogP contribution is 2.25. The van der Waals surface area contributed by atoms with Crippen molar-refractivity contribution in [2.24, 2.45) is 7.05 Å². The summed E-state index contributed by atoms with van der Waals surface area (Å²) < 4.78 is 3.68. The van der Waals surface area contributed by atoms with Crippen molar-refractivity contribution in [2.45, 2.75) is 46.6 Å². The van der Waals surface area contributed by atoms with Gasteiger partial charge in [-0.2, -0.15) is 10.2 Å². The predicted molar refractivity (Wildman–Crippen MR) is 93.0 cm³/mol. The first kappa shape index (κ1) is 16.4. The maximum absolute atomic E-state index is 4.72. The first-order valence-electron chi connectivity index (χ1n) is 8.08. The average Bonchev–Trinajstić information content (AvgIpc) is 3.01. The number of fused-ring (bicyclic) bond motifs is 1. The van der Waals surface area contributed by atoms with Crippen molar-refractivity contribution in [3.8, 4) is 0 Å². The van der Waals surface area contributed by atoms with E-state index in [4.69, 9.17) is 4.98 Å². The zero-order valence-electron chi connectivity index (χ0n) is 15.1. The normalized spacial score (nSPS) is 12.1. The third kappa shape index (κ3) is 3.08. The molecule has 3 aromatic heterocycles. The van der Waals surface area contributed by atoms with Crippen molar-refractivity contribution in [2.75, 3.05) is 11.9 Å². The van der Waals surface area contributed by atoms with Gasteiger partial charge in [0.25, 0.3) is 0 Å². The molecule has 3 rings (SSSR count). The van der Waals surface area contributed by atoms with Crippen molar-refractivity contribution in [3.05, 3.63) is 23.7 Å². The Morgan fingerprint density at radius 2 is 1.88 bits per heavy atom. The van der Waals surface area contributed by atoms with Crippen LogP contribution in [-0.4, -0.2) is 41.1 Å². The molecule has 0 aliphatic heterocycles. The fourth-order valence-electron chi connectivity index (χ4n) is 2.55. The number of rotatable bonds is 4. The molecule has 8 heteroatoms. The van der Waals surface area contributed by atoms with Crippen LogP contribution in [0.2, 0.25) is 0 Å². The van der Waals surface area contributed by atoms with E-state index in [-0.39, 0.29) is 5.41 Å². The highest BCUT2D eigenvalue weighted by molar-refractivity contribution is 5.86. The first-order valence-corrected chi connectivity index (χ1v) is 8.08. The molecule has 3 aromatic rings. The van der Waals surface area contributed by atoms with Gasteiger partial charge in [0, 0.05) is 19.0 Å². The Kier molecular flexibility index (Phi) is 3.98. The molecule has 0 fully saturated rings. The maximum Gasteiger partial charge on any atom is 0.163 e. The number of aryl methyl sites for hydroxylation is 3. The zero-order chi connectivity index (χ0) is 17.5. The predicted octanol–water partition coefficient (Wildman–Crippen LogP) is 1.98. The average molecular weight is 328 g/mol. The number of hydrogen-bond donors (Lipinski definition) is 1. The van der Waals surface area contributed by atoms with E-state index in [0.717, 1.165) is 40.9 Å². The molecule has 8 nitrogen and oxygen atoms in total. The Labute approximate surface area is 141 Å². The fourth-order valence-corrected chi connectivity index (χ4v) is 2.55. The van der Waals surface area contributed by atoms with Crippen LogP contribution >= 0.6 is 0 Å². The van der Waals surface area contributed by atoms with Crippen molar-refractivity contribution in [1.82, 2.24) is 34.5 Å². The molecule has 0 saturated carbocycles. The lowest BCUT2D eigenvalue weighted by Crippen LogP contribution is -2.19. The summed E-state index contributed by atoms with van der Waals surface area (Å²) in [6.07, 6.45) is 1.80. The van der Waals surface area contributed by atoms with Crippen LogP contribution < -0.4 is 5.32 Å². The Balaban J connectivity index is 1.86. The molecule has 0 bridgehead atoms. The monoisotopic (exact) mass is 328 g/mol. The van der Waals surface area contributed by atoms with Gasteiger partial charge in [-0.05, 0) is 13.8 Å². The van der Waals surface area contributed by atoms with Crippen LogP contribution in [0, 0.1) is 13.8 Å². The van der Waals surface area contributed by atoms with E-state index >= 15 is 0 Å². The molecule has 3 heterocycles. The van der Waals surface area contributed by atoms with E-state index in [1.807, 2.05) is 25.6 Å². The van der Waals surface area contributed by atoms with E-state index in [1.54, 1.807) is 10.9 Å². The number of nitrogens with one attached hydrogen (secondary N) is 1. The van der Waals surface area contributed by atoms with Crippen LogP contribution in [0.1, 0.15) is 38.2 Å². The number of hydrogen-bond acceptors (Lipinski definition) is 6. The molecular formula is C16H24N8. The molecule has 0 radical (unpaired) electrons. The molecule has 0 amide bonds. The molecule has 0 unspecified atom stereocenters. The Morgan fingerprint density at radius 3 is 2.50 bits per heavy atom. The Bertz CT molecular complexity index is 868. The smallest absolute Gasteiger partial charge is 0.163 e. The number of aromatic nitrogens is 7. The summed E-state index contributed by atoms with van der Waals surface area (Å²) in [4.78, 5) is 13.7. The highest BCUT2D eigenvalue weighted by Gasteiger charge is 2.21. The van der Waals surface area contributed by atoms with Gasteiger partial charge in [0.05, 0.1) is 18.1 Å². The summed E-state index contributed by atoms with van der Waals surface area (Å²) in [7, 11) is 1.90. The summed E-state index contributed by atoms with van der Waals surface area (Å²) in [5, 5.41) is 13.0. The van der Waals surface area contributed by atoms with Crippen molar-refractivity contribution in [3.63, 3.8) is 0 Å². The minimum atomic E-state index is -0.130. The molecule has 0 atom stereocenters. The van der Waals surface area contributed by atoms with E-state index in [0.29, 0.717) is 6.54 Å². The van der Waals surface area contributed by atoms with Crippen molar-refractivity contribution < 1.29 is 0 Å². The van der Waals surface area contributed by atoms with Gasteiger partial charge in [-0.25, -0.2) is 19.6 Å². The Morgan fingerprint density at radius 1 is 1.12 bits per heavy atom. The summed E-state index contributed by atoms with van der Waals surface area (Å²) in [6, 6.07) is 0. The molecule has 0 aromatic carbocycles. The number of nitrogens with zero attached hydrogens (tertiary/aromatic N) is 7. The summed E-state index contributed by atoms with van der Waals surface area (Å²) in [5.41, 5.74) is 0.708. The van der Waals surface area contributed by atoms with Crippen molar-refractivity contribution >= 4 is 16.9 Å². The SMILES string of the molecule is Cc1nc(C)n(CCNc2nc(C(C)(C)C)nc3c2cnn3C)n1. The topological polar surface area (TPSA) is 86.3 Å². The second-order valence-electron chi connectivity index (χ2n) is 7.01. The van der Waals surface area contributed by atoms with Gasteiger partial charge >= 0.3 is 0 Å². The minimum Gasteiger partial charge on any atom is -0.367 e. The van der Waals surface area contributed by atoms with Crippen LogP contribution in [0.15, 0.2) is 6.20 Å². The molecule has 128 valence electrons. The van der Waals surface area contributed by atoms with Gasteiger partial charge in [-0.1, -0.05) is 20.8 Å². The van der Waals surface area contributed by atoms with Crippen molar-refractivity contribution in [1.29, 1.82) is 0 Å². The number of anilines is 1. The van der Waals surface area contributed by atoms with E-state index in [2.05, 4.69) is 46.3 Å². The van der Waals surface area contributed by atoms with Gasteiger partial charge in [-0.15, -0.1) is 0 Å². The van der Waals surface area contributed by atoms with Crippen LogP contribution in [-0.2, 0) is 19.0 Å². The molecule has 0 aliphatic carbocycles. The summed E-state index contributed by atoms with van der Waals surface area (Å²) >= 11 is 0. The largest absolute Gasteiger partial charge is 0.367 e. The highest BCUT2D eigenvalue weighted by atomic mass is 15.3. The van der Waals surface area contributed by atoms with Crippen LogP contribution in [0.4, 0.5) is 5.82 Å². The fraction of sp³-hybridized carbons (Fsp3) is 0.562. The van der Waals surface area contributed by atoms with Gasteiger partial charge in [0.1, 0.15) is 23.3 Å².